The van der Waals surface area contributed by atoms with Gasteiger partial charge in [0.2, 0.25) is 11.8 Å². The summed E-state index contributed by atoms with van der Waals surface area (Å²) in [5, 5.41) is 3.16. The van der Waals surface area contributed by atoms with Crippen molar-refractivity contribution in [1.29, 1.82) is 0 Å². The van der Waals surface area contributed by atoms with Gasteiger partial charge in [0.05, 0.1) is 16.1 Å². The van der Waals surface area contributed by atoms with Crippen molar-refractivity contribution in [2.45, 2.75) is 46.1 Å². The van der Waals surface area contributed by atoms with Gasteiger partial charge in [-0.05, 0) is 55.0 Å². The minimum Gasteiger partial charge on any atom is -0.343 e. The van der Waals surface area contributed by atoms with Crippen LogP contribution < -0.4 is 0 Å². The summed E-state index contributed by atoms with van der Waals surface area (Å²) in [6, 6.07) is 12.6. The Balaban J connectivity index is 1.60. The van der Waals surface area contributed by atoms with Crippen molar-refractivity contribution in [3.8, 4) is 10.6 Å². The van der Waals surface area contributed by atoms with Crippen molar-refractivity contribution in [2.75, 3.05) is 19.6 Å². The molecule has 1 saturated heterocycles. The van der Waals surface area contributed by atoms with E-state index in [0.717, 1.165) is 53.0 Å². The lowest BCUT2D eigenvalue weighted by molar-refractivity contribution is -0.131. The molecule has 0 atom stereocenters. The molecule has 0 radical (unpaired) electrons. The van der Waals surface area contributed by atoms with E-state index in [9.17, 15) is 9.59 Å². The van der Waals surface area contributed by atoms with Crippen LogP contribution in [0.1, 0.15) is 43.7 Å². The summed E-state index contributed by atoms with van der Waals surface area (Å²) in [4.78, 5) is 34.6. The molecule has 5 nitrogen and oxygen atoms in total. The molecule has 4 rings (SSSR count). The van der Waals surface area contributed by atoms with Crippen LogP contribution in [-0.4, -0.2) is 46.2 Å². The maximum atomic E-state index is 12.8. The van der Waals surface area contributed by atoms with Gasteiger partial charge in [0.1, 0.15) is 0 Å². The standard InChI is InChI=1S/C25H29N3O2S/c1-3-23(29)28(13-6-12-27-11-4-8-24(27)30)17-20-16-19-15-18(2)9-10-21(19)26-25(20)22-7-5-14-31-22/h5,7,9-10,14-16H,3-4,6,8,11-13,17H2,1-2H3. The number of likely N-dealkylation sites (tertiary alicyclic amines) is 1. The lowest BCUT2D eigenvalue weighted by Crippen LogP contribution is -2.34. The van der Waals surface area contributed by atoms with Crippen molar-refractivity contribution >= 4 is 34.1 Å². The summed E-state index contributed by atoms with van der Waals surface area (Å²) in [5.41, 5.74) is 4.19. The van der Waals surface area contributed by atoms with Gasteiger partial charge in [-0.1, -0.05) is 24.6 Å². The van der Waals surface area contributed by atoms with Crippen LogP contribution in [0, 0.1) is 6.92 Å². The van der Waals surface area contributed by atoms with Crippen molar-refractivity contribution in [3.63, 3.8) is 0 Å². The van der Waals surface area contributed by atoms with Crippen molar-refractivity contribution in [1.82, 2.24) is 14.8 Å². The minimum atomic E-state index is 0.134. The number of benzene rings is 1. The second-order valence-corrected chi connectivity index (χ2v) is 9.12. The second kappa shape index (κ2) is 9.60. The maximum absolute atomic E-state index is 12.8. The Labute approximate surface area is 187 Å². The van der Waals surface area contributed by atoms with Gasteiger partial charge in [-0.3, -0.25) is 9.59 Å². The molecule has 0 spiro atoms. The van der Waals surface area contributed by atoms with Crippen molar-refractivity contribution in [2.24, 2.45) is 0 Å². The van der Waals surface area contributed by atoms with E-state index in [1.807, 2.05) is 22.8 Å². The molecule has 0 saturated carbocycles. The number of carbonyl (C=O) groups is 2. The first-order chi connectivity index (χ1) is 15.0. The van der Waals surface area contributed by atoms with Gasteiger partial charge in [-0.2, -0.15) is 0 Å². The number of pyridine rings is 1. The molecule has 162 valence electrons. The number of rotatable bonds is 8. The van der Waals surface area contributed by atoms with E-state index in [2.05, 4.69) is 42.6 Å². The predicted molar refractivity (Wildman–Crippen MR) is 126 cm³/mol. The first-order valence-electron chi connectivity index (χ1n) is 11.0. The molecule has 1 aliphatic heterocycles. The summed E-state index contributed by atoms with van der Waals surface area (Å²) in [7, 11) is 0. The zero-order valence-corrected chi connectivity index (χ0v) is 19.1. The van der Waals surface area contributed by atoms with Crippen molar-refractivity contribution in [3.05, 3.63) is 52.9 Å². The Morgan fingerprint density at radius 3 is 2.84 bits per heavy atom. The summed E-state index contributed by atoms with van der Waals surface area (Å²) in [6.45, 7) is 6.73. The number of carbonyl (C=O) groups excluding carboxylic acids is 2. The fourth-order valence-electron chi connectivity index (χ4n) is 4.20. The van der Waals surface area contributed by atoms with Gasteiger partial charge >= 0.3 is 0 Å². The van der Waals surface area contributed by atoms with Gasteiger partial charge < -0.3 is 9.80 Å². The predicted octanol–water partition coefficient (Wildman–Crippen LogP) is 5.02. The van der Waals surface area contributed by atoms with Gasteiger partial charge in [-0.15, -0.1) is 11.3 Å². The van der Waals surface area contributed by atoms with Crippen LogP contribution in [-0.2, 0) is 16.1 Å². The van der Waals surface area contributed by atoms with E-state index < -0.39 is 0 Å². The summed E-state index contributed by atoms with van der Waals surface area (Å²) in [6.07, 6.45) is 2.87. The molecule has 1 aromatic carbocycles. The Morgan fingerprint density at radius 1 is 1.26 bits per heavy atom. The number of amides is 2. The van der Waals surface area contributed by atoms with Gasteiger partial charge in [0.25, 0.3) is 0 Å². The molecular weight excluding hydrogens is 406 g/mol. The topological polar surface area (TPSA) is 53.5 Å². The van der Waals surface area contributed by atoms with E-state index in [-0.39, 0.29) is 11.8 Å². The second-order valence-electron chi connectivity index (χ2n) is 8.18. The SMILES string of the molecule is CCC(=O)N(CCCN1CCCC1=O)Cc1cc2cc(C)ccc2nc1-c1cccs1. The third-order valence-electron chi connectivity index (χ3n) is 5.85. The van der Waals surface area contributed by atoms with Crippen LogP contribution >= 0.6 is 11.3 Å². The highest BCUT2D eigenvalue weighted by Crippen LogP contribution is 2.30. The first-order valence-corrected chi connectivity index (χ1v) is 11.9. The molecule has 0 unspecified atom stereocenters. The van der Waals surface area contributed by atoms with Crippen LogP contribution in [0.25, 0.3) is 21.5 Å². The van der Waals surface area contributed by atoms with Crippen LogP contribution in [0.4, 0.5) is 0 Å². The molecule has 2 aromatic heterocycles. The molecule has 3 heterocycles. The normalized spacial score (nSPS) is 13.9. The molecule has 2 amide bonds. The minimum absolute atomic E-state index is 0.134. The molecule has 1 fully saturated rings. The summed E-state index contributed by atoms with van der Waals surface area (Å²) < 4.78 is 0. The molecule has 1 aliphatic rings. The monoisotopic (exact) mass is 435 g/mol. The number of fused-ring (bicyclic) bond motifs is 1. The number of aromatic nitrogens is 1. The molecule has 6 heteroatoms. The highest BCUT2D eigenvalue weighted by atomic mass is 32.1. The van der Waals surface area contributed by atoms with E-state index in [4.69, 9.17) is 4.98 Å². The zero-order chi connectivity index (χ0) is 21.8. The number of thiophene rings is 1. The highest BCUT2D eigenvalue weighted by Gasteiger charge is 2.21. The lowest BCUT2D eigenvalue weighted by Gasteiger charge is -2.25. The lowest BCUT2D eigenvalue weighted by atomic mass is 10.1. The van der Waals surface area contributed by atoms with Gasteiger partial charge in [0.15, 0.2) is 0 Å². The average Bonchev–Trinajstić information content (AvgIpc) is 3.44. The van der Waals surface area contributed by atoms with E-state index in [0.29, 0.717) is 25.9 Å². The number of nitrogens with zero attached hydrogens (tertiary/aromatic N) is 3. The zero-order valence-electron chi connectivity index (χ0n) is 18.3. The number of hydrogen-bond acceptors (Lipinski definition) is 4. The Kier molecular flexibility index (Phi) is 6.66. The van der Waals surface area contributed by atoms with E-state index in [1.165, 1.54) is 5.56 Å². The molecule has 0 bridgehead atoms. The Morgan fingerprint density at radius 2 is 2.13 bits per heavy atom. The molecular formula is C25H29N3O2S. The molecule has 0 aliphatic carbocycles. The molecule has 3 aromatic rings. The van der Waals surface area contributed by atoms with Gasteiger partial charge in [0, 0.05) is 44.4 Å². The summed E-state index contributed by atoms with van der Waals surface area (Å²) >= 11 is 1.67. The van der Waals surface area contributed by atoms with Crippen LogP contribution in [0.3, 0.4) is 0 Å². The number of aryl methyl sites for hydroxylation is 1. The third kappa shape index (κ3) is 4.96. The fraction of sp³-hybridized carbons (Fsp3) is 0.400. The Bertz CT molecular complexity index is 1080. The average molecular weight is 436 g/mol. The maximum Gasteiger partial charge on any atom is 0.222 e. The van der Waals surface area contributed by atoms with Crippen LogP contribution in [0.15, 0.2) is 41.8 Å². The molecule has 31 heavy (non-hydrogen) atoms. The smallest absolute Gasteiger partial charge is 0.222 e. The highest BCUT2D eigenvalue weighted by molar-refractivity contribution is 7.13. The van der Waals surface area contributed by atoms with E-state index >= 15 is 0 Å². The van der Waals surface area contributed by atoms with E-state index in [1.54, 1.807) is 11.3 Å². The van der Waals surface area contributed by atoms with Crippen LogP contribution in [0.5, 0.6) is 0 Å². The quantitative estimate of drug-likeness (QED) is 0.499. The van der Waals surface area contributed by atoms with Crippen molar-refractivity contribution < 1.29 is 9.59 Å². The van der Waals surface area contributed by atoms with Gasteiger partial charge in [-0.25, -0.2) is 4.98 Å². The fourth-order valence-corrected chi connectivity index (χ4v) is 4.95. The summed E-state index contributed by atoms with van der Waals surface area (Å²) in [5.74, 6) is 0.372. The van der Waals surface area contributed by atoms with Crippen LogP contribution in [0.2, 0.25) is 0 Å². The first kappa shape index (κ1) is 21.5. The number of hydrogen-bond donors (Lipinski definition) is 0. The molecule has 0 N–H and O–H groups in total. The Hall–Kier alpha value is -2.73. The largest absolute Gasteiger partial charge is 0.343 e. The third-order valence-corrected chi connectivity index (χ3v) is 6.72.